The molecule has 2 N–H and O–H groups in total. The Labute approximate surface area is 191 Å². The molecule has 1 amide bonds. The minimum atomic E-state index is 0.160. The third kappa shape index (κ3) is 6.32. The van der Waals surface area contributed by atoms with Crippen LogP contribution in [0.2, 0.25) is 0 Å². The van der Waals surface area contributed by atoms with Crippen LogP contribution in [0.1, 0.15) is 36.7 Å². The number of rotatable bonds is 7. The van der Waals surface area contributed by atoms with E-state index in [2.05, 4.69) is 52.7 Å². The van der Waals surface area contributed by atoms with E-state index in [0.717, 1.165) is 61.1 Å². The maximum atomic E-state index is 12.0. The number of carbonyl (C=O) groups excluding carboxylic acids is 1. The lowest BCUT2D eigenvalue weighted by Gasteiger charge is -2.33. The molecule has 2 aromatic rings. The number of aromatic nitrogens is 2. The number of benzene rings is 1. The first-order valence-corrected chi connectivity index (χ1v) is 11.5. The van der Waals surface area contributed by atoms with Crippen LogP contribution >= 0.6 is 0 Å². The lowest BCUT2D eigenvalue weighted by molar-refractivity contribution is -0.130. The number of aliphatic imine (C=N–C) groups is 1. The summed E-state index contributed by atoms with van der Waals surface area (Å²) >= 11 is 0. The summed E-state index contributed by atoms with van der Waals surface area (Å²) in [7, 11) is 3.62. The van der Waals surface area contributed by atoms with Gasteiger partial charge in [-0.1, -0.05) is 18.2 Å². The van der Waals surface area contributed by atoms with E-state index in [0.29, 0.717) is 19.1 Å². The first-order chi connectivity index (χ1) is 15.4. The molecule has 8 nitrogen and oxygen atoms in total. The molecular formula is C24H37N7O. The Balaban J connectivity index is 1.63. The van der Waals surface area contributed by atoms with Crippen molar-refractivity contribution in [1.82, 2.24) is 30.2 Å². The van der Waals surface area contributed by atoms with E-state index in [1.807, 2.05) is 37.8 Å². The van der Waals surface area contributed by atoms with E-state index in [1.54, 1.807) is 4.90 Å². The number of para-hydroxylation sites is 1. The van der Waals surface area contributed by atoms with Gasteiger partial charge < -0.3 is 15.5 Å². The van der Waals surface area contributed by atoms with Crippen LogP contribution in [0.4, 0.5) is 0 Å². The van der Waals surface area contributed by atoms with Crippen LogP contribution in [0.5, 0.6) is 0 Å². The van der Waals surface area contributed by atoms with E-state index in [4.69, 9.17) is 4.99 Å². The van der Waals surface area contributed by atoms with E-state index in [9.17, 15) is 4.79 Å². The van der Waals surface area contributed by atoms with Crippen LogP contribution < -0.4 is 10.6 Å². The standard InChI is InChI=1S/C24H37N7O/c1-6-25-24(27-21-11-13-30(14-12-21)17-23(32)29(4)5)26-16-20-9-7-8-10-22(20)31-19(3)15-18(2)28-31/h7-10,15,21H,6,11-14,16-17H2,1-5H3,(H2,25,26,27). The Hall–Kier alpha value is -2.87. The van der Waals surface area contributed by atoms with E-state index < -0.39 is 0 Å². The molecule has 0 spiro atoms. The van der Waals surface area contributed by atoms with Crippen LogP contribution in [0.25, 0.3) is 5.69 Å². The van der Waals surface area contributed by atoms with Gasteiger partial charge in [0.25, 0.3) is 0 Å². The molecule has 1 fully saturated rings. The van der Waals surface area contributed by atoms with Crippen molar-refractivity contribution in [2.24, 2.45) is 4.99 Å². The van der Waals surface area contributed by atoms with Gasteiger partial charge >= 0.3 is 0 Å². The van der Waals surface area contributed by atoms with Gasteiger partial charge in [0.15, 0.2) is 5.96 Å². The molecule has 174 valence electrons. The maximum absolute atomic E-state index is 12.0. The zero-order valence-corrected chi connectivity index (χ0v) is 20.1. The van der Waals surface area contributed by atoms with Gasteiger partial charge in [-0.2, -0.15) is 5.10 Å². The predicted octanol–water partition coefficient (Wildman–Crippen LogP) is 2.10. The topological polar surface area (TPSA) is 77.8 Å². The fourth-order valence-corrected chi connectivity index (χ4v) is 3.97. The summed E-state index contributed by atoms with van der Waals surface area (Å²) in [5.41, 5.74) is 4.32. The molecule has 1 aromatic carbocycles. The van der Waals surface area contributed by atoms with E-state index in [-0.39, 0.29) is 5.91 Å². The molecule has 2 heterocycles. The van der Waals surface area contributed by atoms with Crippen LogP contribution in [0.3, 0.4) is 0 Å². The molecule has 1 aromatic heterocycles. The number of carbonyl (C=O) groups is 1. The Morgan fingerprint density at radius 3 is 2.56 bits per heavy atom. The van der Waals surface area contributed by atoms with Gasteiger partial charge in [0.1, 0.15) is 0 Å². The predicted molar refractivity (Wildman–Crippen MR) is 129 cm³/mol. The number of piperidine rings is 1. The number of hydrogen-bond acceptors (Lipinski definition) is 4. The molecule has 0 radical (unpaired) electrons. The van der Waals surface area contributed by atoms with Crippen molar-refractivity contribution in [2.45, 2.75) is 46.2 Å². The van der Waals surface area contributed by atoms with Gasteiger partial charge in [-0.05, 0) is 51.3 Å². The monoisotopic (exact) mass is 439 g/mol. The fourth-order valence-electron chi connectivity index (χ4n) is 3.97. The average Bonchev–Trinajstić information content (AvgIpc) is 3.11. The third-order valence-electron chi connectivity index (χ3n) is 5.77. The number of guanidine groups is 1. The second-order valence-electron chi connectivity index (χ2n) is 8.65. The largest absolute Gasteiger partial charge is 0.357 e. The molecule has 0 atom stereocenters. The lowest BCUT2D eigenvalue weighted by Crippen LogP contribution is -2.50. The van der Waals surface area contributed by atoms with Crippen molar-refractivity contribution in [1.29, 1.82) is 0 Å². The van der Waals surface area contributed by atoms with Crippen molar-refractivity contribution >= 4 is 11.9 Å². The minimum Gasteiger partial charge on any atom is -0.357 e. The molecule has 0 aliphatic carbocycles. The SMILES string of the molecule is CCNC(=NCc1ccccc1-n1nc(C)cc1C)NC1CCN(CC(=O)N(C)C)CC1. The molecular weight excluding hydrogens is 402 g/mol. The average molecular weight is 440 g/mol. The number of likely N-dealkylation sites (N-methyl/N-ethyl adjacent to an activating group) is 1. The molecule has 1 aliphatic heterocycles. The van der Waals surface area contributed by atoms with Crippen molar-refractivity contribution in [3.8, 4) is 5.69 Å². The number of nitrogens with one attached hydrogen (secondary N) is 2. The molecule has 3 rings (SSSR count). The number of hydrogen-bond donors (Lipinski definition) is 2. The highest BCUT2D eigenvalue weighted by Gasteiger charge is 2.22. The number of nitrogens with zero attached hydrogens (tertiary/aromatic N) is 5. The third-order valence-corrected chi connectivity index (χ3v) is 5.77. The number of likely N-dealkylation sites (tertiary alicyclic amines) is 1. The molecule has 0 saturated carbocycles. The summed E-state index contributed by atoms with van der Waals surface area (Å²) in [4.78, 5) is 20.7. The van der Waals surface area contributed by atoms with Crippen LogP contribution in [-0.2, 0) is 11.3 Å². The molecule has 0 bridgehead atoms. The highest BCUT2D eigenvalue weighted by atomic mass is 16.2. The molecule has 1 aliphatic rings. The van der Waals surface area contributed by atoms with Crippen LogP contribution in [-0.4, -0.2) is 77.8 Å². The molecule has 8 heteroatoms. The Morgan fingerprint density at radius 1 is 1.22 bits per heavy atom. The normalized spacial score (nSPS) is 15.6. The maximum Gasteiger partial charge on any atom is 0.236 e. The van der Waals surface area contributed by atoms with Crippen molar-refractivity contribution in [2.75, 3.05) is 40.3 Å². The Morgan fingerprint density at radius 2 is 1.94 bits per heavy atom. The van der Waals surface area contributed by atoms with Gasteiger partial charge in [-0.25, -0.2) is 9.67 Å². The summed E-state index contributed by atoms with van der Waals surface area (Å²) in [5.74, 6) is 0.992. The van der Waals surface area contributed by atoms with Gasteiger partial charge in [-0.15, -0.1) is 0 Å². The van der Waals surface area contributed by atoms with E-state index >= 15 is 0 Å². The van der Waals surface area contributed by atoms with Crippen LogP contribution in [0.15, 0.2) is 35.3 Å². The Kier molecular flexibility index (Phi) is 8.27. The summed E-state index contributed by atoms with van der Waals surface area (Å²) in [5, 5.41) is 11.6. The number of amides is 1. The second kappa shape index (κ2) is 11.1. The minimum absolute atomic E-state index is 0.160. The second-order valence-corrected chi connectivity index (χ2v) is 8.65. The van der Waals surface area contributed by atoms with Crippen molar-refractivity contribution in [3.05, 3.63) is 47.3 Å². The van der Waals surface area contributed by atoms with Gasteiger partial charge in [-0.3, -0.25) is 9.69 Å². The summed E-state index contributed by atoms with van der Waals surface area (Å²) in [6, 6.07) is 10.7. The zero-order valence-electron chi connectivity index (χ0n) is 20.1. The first-order valence-electron chi connectivity index (χ1n) is 11.5. The molecule has 1 saturated heterocycles. The lowest BCUT2D eigenvalue weighted by atomic mass is 10.1. The first kappa shape index (κ1) is 23.8. The summed E-state index contributed by atoms with van der Waals surface area (Å²) < 4.78 is 1.99. The fraction of sp³-hybridized carbons (Fsp3) is 0.542. The number of aryl methyl sites for hydroxylation is 2. The van der Waals surface area contributed by atoms with Gasteiger partial charge in [0, 0.05) is 45.5 Å². The summed E-state index contributed by atoms with van der Waals surface area (Å²) in [6.45, 7) is 9.87. The highest BCUT2D eigenvalue weighted by molar-refractivity contribution is 5.80. The highest BCUT2D eigenvalue weighted by Crippen LogP contribution is 2.18. The van der Waals surface area contributed by atoms with Crippen molar-refractivity contribution < 1.29 is 4.79 Å². The zero-order chi connectivity index (χ0) is 23.1. The van der Waals surface area contributed by atoms with Crippen LogP contribution in [0, 0.1) is 13.8 Å². The quantitative estimate of drug-likeness (QED) is 0.510. The molecule has 32 heavy (non-hydrogen) atoms. The Bertz CT molecular complexity index is 926. The summed E-state index contributed by atoms with van der Waals surface area (Å²) in [6.07, 6.45) is 1.99. The molecule has 0 unspecified atom stereocenters. The van der Waals surface area contributed by atoms with Gasteiger partial charge in [0.05, 0.1) is 24.5 Å². The van der Waals surface area contributed by atoms with Crippen molar-refractivity contribution in [3.63, 3.8) is 0 Å². The van der Waals surface area contributed by atoms with Gasteiger partial charge in [0.2, 0.25) is 5.91 Å². The van der Waals surface area contributed by atoms with E-state index in [1.165, 1.54) is 0 Å². The smallest absolute Gasteiger partial charge is 0.236 e.